The SMILES string of the molecule is Cc1ccc(C(=O)N2C[C@@H](Oc3cccnc3)C[C@H]2C(=O)N2CCCC2)cn1. The summed E-state index contributed by atoms with van der Waals surface area (Å²) in [6, 6.07) is 6.70. The summed E-state index contributed by atoms with van der Waals surface area (Å²) < 4.78 is 6.01. The number of hydrogen-bond acceptors (Lipinski definition) is 5. The molecule has 0 bridgehead atoms. The van der Waals surface area contributed by atoms with Crippen LogP contribution in [-0.4, -0.2) is 63.4 Å². The zero-order valence-electron chi connectivity index (χ0n) is 16.0. The van der Waals surface area contributed by atoms with Gasteiger partial charge in [0.15, 0.2) is 0 Å². The second-order valence-electron chi connectivity index (χ2n) is 7.36. The van der Waals surface area contributed by atoms with Gasteiger partial charge >= 0.3 is 0 Å². The minimum absolute atomic E-state index is 0.0169. The number of pyridine rings is 2. The lowest BCUT2D eigenvalue weighted by molar-refractivity contribution is -0.134. The lowest BCUT2D eigenvalue weighted by Crippen LogP contribution is -2.47. The molecule has 2 saturated heterocycles. The van der Waals surface area contributed by atoms with Crippen LogP contribution in [-0.2, 0) is 4.79 Å². The van der Waals surface area contributed by atoms with Crippen molar-refractivity contribution in [3.63, 3.8) is 0 Å². The van der Waals surface area contributed by atoms with Crippen LogP contribution >= 0.6 is 0 Å². The summed E-state index contributed by atoms with van der Waals surface area (Å²) in [7, 11) is 0. The highest BCUT2D eigenvalue weighted by atomic mass is 16.5. The Bertz CT molecular complexity index is 834. The predicted molar refractivity (Wildman–Crippen MR) is 103 cm³/mol. The molecule has 4 rings (SSSR count). The maximum atomic E-state index is 13.1. The third-order valence-electron chi connectivity index (χ3n) is 5.32. The fraction of sp³-hybridized carbons (Fsp3) is 0.429. The van der Waals surface area contributed by atoms with Gasteiger partial charge in [0, 0.05) is 37.6 Å². The quantitative estimate of drug-likeness (QED) is 0.812. The number of hydrogen-bond donors (Lipinski definition) is 0. The Balaban J connectivity index is 1.55. The number of nitrogens with zero attached hydrogens (tertiary/aromatic N) is 4. The van der Waals surface area contributed by atoms with E-state index in [1.165, 1.54) is 0 Å². The van der Waals surface area contributed by atoms with E-state index in [1.54, 1.807) is 35.6 Å². The van der Waals surface area contributed by atoms with Crippen molar-refractivity contribution in [2.24, 2.45) is 0 Å². The summed E-state index contributed by atoms with van der Waals surface area (Å²) in [6.07, 6.45) is 7.17. The van der Waals surface area contributed by atoms with Crippen molar-refractivity contribution >= 4 is 11.8 Å². The van der Waals surface area contributed by atoms with E-state index in [0.29, 0.717) is 24.3 Å². The molecular formula is C21H24N4O3. The van der Waals surface area contributed by atoms with Gasteiger partial charge in [-0.3, -0.25) is 19.6 Å². The molecule has 4 heterocycles. The maximum Gasteiger partial charge on any atom is 0.256 e. The Morgan fingerprint density at radius 1 is 1.14 bits per heavy atom. The van der Waals surface area contributed by atoms with Gasteiger partial charge < -0.3 is 14.5 Å². The van der Waals surface area contributed by atoms with E-state index in [-0.39, 0.29) is 17.9 Å². The zero-order chi connectivity index (χ0) is 19.5. The average Bonchev–Trinajstić information content (AvgIpc) is 3.39. The Kier molecular flexibility index (Phi) is 5.23. The molecule has 2 atom stereocenters. The van der Waals surface area contributed by atoms with Gasteiger partial charge in [0.05, 0.1) is 18.3 Å². The second-order valence-corrected chi connectivity index (χ2v) is 7.36. The summed E-state index contributed by atoms with van der Waals surface area (Å²) >= 11 is 0. The van der Waals surface area contributed by atoms with Crippen LogP contribution in [0, 0.1) is 6.92 Å². The molecule has 2 amide bonds. The molecule has 0 N–H and O–H groups in total. The summed E-state index contributed by atoms with van der Waals surface area (Å²) in [5.74, 6) is 0.483. The summed E-state index contributed by atoms with van der Waals surface area (Å²) in [6.45, 7) is 3.77. The molecule has 7 heteroatoms. The van der Waals surface area contributed by atoms with Crippen molar-refractivity contribution in [1.82, 2.24) is 19.8 Å². The molecule has 2 aromatic heterocycles. The molecule has 0 saturated carbocycles. The highest BCUT2D eigenvalue weighted by Gasteiger charge is 2.43. The van der Waals surface area contributed by atoms with E-state index in [1.807, 2.05) is 24.0 Å². The van der Waals surface area contributed by atoms with Crippen LogP contribution < -0.4 is 4.74 Å². The van der Waals surface area contributed by atoms with Crippen molar-refractivity contribution in [3.05, 3.63) is 54.1 Å². The highest BCUT2D eigenvalue weighted by Crippen LogP contribution is 2.27. The highest BCUT2D eigenvalue weighted by molar-refractivity contribution is 5.97. The lowest BCUT2D eigenvalue weighted by atomic mass is 10.1. The van der Waals surface area contributed by atoms with Gasteiger partial charge in [-0.05, 0) is 44.0 Å². The number of likely N-dealkylation sites (tertiary alicyclic amines) is 2. The van der Waals surface area contributed by atoms with Crippen LogP contribution in [0.2, 0.25) is 0 Å². The summed E-state index contributed by atoms with van der Waals surface area (Å²) in [5, 5.41) is 0. The molecule has 0 aliphatic carbocycles. The molecule has 0 spiro atoms. The molecule has 2 aliphatic rings. The molecule has 146 valence electrons. The Labute approximate surface area is 164 Å². The monoisotopic (exact) mass is 380 g/mol. The van der Waals surface area contributed by atoms with Crippen LogP contribution in [0.15, 0.2) is 42.9 Å². The minimum atomic E-state index is -0.506. The first-order valence-corrected chi connectivity index (χ1v) is 9.71. The van der Waals surface area contributed by atoms with E-state index < -0.39 is 6.04 Å². The molecule has 28 heavy (non-hydrogen) atoms. The van der Waals surface area contributed by atoms with Crippen molar-refractivity contribution in [2.75, 3.05) is 19.6 Å². The fourth-order valence-corrected chi connectivity index (χ4v) is 3.86. The Morgan fingerprint density at radius 2 is 1.96 bits per heavy atom. The Hall–Kier alpha value is -2.96. The van der Waals surface area contributed by atoms with E-state index in [4.69, 9.17) is 4.74 Å². The third kappa shape index (κ3) is 3.83. The number of aryl methyl sites for hydroxylation is 1. The predicted octanol–water partition coefficient (Wildman–Crippen LogP) is 2.07. The Morgan fingerprint density at radius 3 is 2.64 bits per heavy atom. The number of amides is 2. The summed E-state index contributed by atoms with van der Waals surface area (Å²) in [4.78, 5) is 38.0. The molecule has 0 aromatic carbocycles. The lowest BCUT2D eigenvalue weighted by Gasteiger charge is -2.27. The van der Waals surface area contributed by atoms with Crippen molar-refractivity contribution in [3.8, 4) is 5.75 Å². The van der Waals surface area contributed by atoms with Gasteiger partial charge in [-0.25, -0.2) is 0 Å². The molecule has 0 radical (unpaired) electrons. The standard InChI is InChI=1S/C21H24N4O3/c1-15-6-7-16(12-23-15)20(26)25-14-18(28-17-5-4-8-22-13-17)11-19(25)21(27)24-9-2-3-10-24/h4-8,12-13,18-19H,2-3,9-11,14H2,1H3/t18-,19-/m0/s1. The molecular weight excluding hydrogens is 356 g/mol. The first-order chi connectivity index (χ1) is 13.6. The van der Waals surface area contributed by atoms with Gasteiger partial charge in [0.2, 0.25) is 5.91 Å². The minimum Gasteiger partial charge on any atom is -0.487 e. The molecule has 2 fully saturated rings. The number of carbonyl (C=O) groups excluding carboxylic acids is 2. The average molecular weight is 380 g/mol. The van der Waals surface area contributed by atoms with Gasteiger partial charge in [0.1, 0.15) is 17.9 Å². The van der Waals surface area contributed by atoms with Crippen LogP contribution in [0.1, 0.15) is 35.3 Å². The second kappa shape index (κ2) is 7.96. The van der Waals surface area contributed by atoms with Crippen molar-refractivity contribution < 1.29 is 14.3 Å². The molecule has 2 aliphatic heterocycles. The zero-order valence-corrected chi connectivity index (χ0v) is 16.0. The van der Waals surface area contributed by atoms with Gasteiger partial charge in [-0.1, -0.05) is 0 Å². The largest absolute Gasteiger partial charge is 0.487 e. The number of rotatable bonds is 4. The smallest absolute Gasteiger partial charge is 0.256 e. The van der Waals surface area contributed by atoms with E-state index in [2.05, 4.69) is 9.97 Å². The normalized spacial score (nSPS) is 21.8. The molecule has 2 aromatic rings. The number of ether oxygens (including phenoxy) is 1. The van der Waals surface area contributed by atoms with E-state index >= 15 is 0 Å². The maximum absolute atomic E-state index is 13.1. The summed E-state index contributed by atoms with van der Waals surface area (Å²) in [5.41, 5.74) is 1.34. The van der Waals surface area contributed by atoms with Crippen molar-refractivity contribution in [2.45, 2.75) is 38.3 Å². The van der Waals surface area contributed by atoms with E-state index in [9.17, 15) is 9.59 Å². The first kappa shape index (κ1) is 18.4. The van der Waals surface area contributed by atoms with Crippen LogP contribution in [0.3, 0.4) is 0 Å². The van der Waals surface area contributed by atoms with Gasteiger partial charge in [-0.2, -0.15) is 0 Å². The molecule has 7 nitrogen and oxygen atoms in total. The first-order valence-electron chi connectivity index (χ1n) is 9.71. The third-order valence-corrected chi connectivity index (χ3v) is 5.32. The fourth-order valence-electron chi connectivity index (χ4n) is 3.86. The molecule has 0 unspecified atom stereocenters. The number of aromatic nitrogens is 2. The van der Waals surface area contributed by atoms with Crippen molar-refractivity contribution in [1.29, 1.82) is 0 Å². The topological polar surface area (TPSA) is 75.6 Å². The van der Waals surface area contributed by atoms with Gasteiger partial charge in [-0.15, -0.1) is 0 Å². The van der Waals surface area contributed by atoms with Crippen LogP contribution in [0.5, 0.6) is 5.75 Å². The number of carbonyl (C=O) groups is 2. The van der Waals surface area contributed by atoms with Gasteiger partial charge in [0.25, 0.3) is 5.91 Å². The van der Waals surface area contributed by atoms with Crippen LogP contribution in [0.4, 0.5) is 0 Å². The van der Waals surface area contributed by atoms with E-state index in [0.717, 1.165) is 31.6 Å². The van der Waals surface area contributed by atoms with Crippen LogP contribution in [0.25, 0.3) is 0 Å².